The Morgan fingerprint density at radius 2 is 1.89 bits per heavy atom. The summed E-state index contributed by atoms with van der Waals surface area (Å²) in [7, 11) is 0. The van der Waals surface area contributed by atoms with Gasteiger partial charge in [0, 0.05) is 11.1 Å². The summed E-state index contributed by atoms with van der Waals surface area (Å²) in [6, 6.07) is 4.41. The molecule has 2 aliphatic carbocycles. The summed E-state index contributed by atoms with van der Waals surface area (Å²) >= 11 is 0. The Kier molecular flexibility index (Phi) is 2.86. The Bertz CT molecular complexity index is 458. The molecular weight excluding hydrogens is 222 g/mol. The first kappa shape index (κ1) is 12.0. The van der Waals surface area contributed by atoms with E-state index in [9.17, 15) is 0 Å². The van der Waals surface area contributed by atoms with Crippen LogP contribution >= 0.6 is 0 Å². The summed E-state index contributed by atoms with van der Waals surface area (Å²) in [5.41, 5.74) is 10.1. The maximum atomic E-state index is 6.36. The van der Waals surface area contributed by atoms with E-state index in [0.29, 0.717) is 0 Å². The summed E-state index contributed by atoms with van der Waals surface area (Å²) in [5.74, 6) is 1.80. The molecule has 2 fully saturated rings. The van der Waals surface area contributed by atoms with Gasteiger partial charge in [0.1, 0.15) is 5.75 Å². The molecule has 1 aromatic rings. The predicted octanol–water partition coefficient (Wildman–Crippen LogP) is 3.43. The lowest BCUT2D eigenvalue weighted by Crippen LogP contribution is -2.23. The number of hydrogen-bond donors (Lipinski definition) is 1. The fourth-order valence-electron chi connectivity index (χ4n) is 2.57. The summed E-state index contributed by atoms with van der Waals surface area (Å²) in [6.45, 7) is 5.16. The van der Waals surface area contributed by atoms with Crippen LogP contribution in [0.2, 0.25) is 0 Å². The van der Waals surface area contributed by atoms with Gasteiger partial charge in [-0.15, -0.1) is 0 Å². The van der Waals surface area contributed by atoms with Crippen molar-refractivity contribution < 1.29 is 4.74 Å². The lowest BCUT2D eigenvalue weighted by Gasteiger charge is -2.26. The normalized spacial score (nSPS) is 21.5. The van der Waals surface area contributed by atoms with Crippen LogP contribution in [0, 0.1) is 19.8 Å². The second kappa shape index (κ2) is 4.27. The van der Waals surface area contributed by atoms with Crippen molar-refractivity contribution in [2.24, 2.45) is 11.7 Å². The van der Waals surface area contributed by atoms with E-state index in [4.69, 9.17) is 10.5 Å². The van der Waals surface area contributed by atoms with E-state index in [1.807, 2.05) is 0 Å². The average molecular weight is 245 g/mol. The molecule has 2 heteroatoms. The minimum Gasteiger partial charge on any atom is -0.493 e. The molecule has 98 valence electrons. The van der Waals surface area contributed by atoms with Crippen LogP contribution in [0.25, 0.3) is 0 Å². The van der Waals surface area contributed by atoms with Gasteiger partial charge < -0.3 is 10.5 Å². The van der Waals surface area contributed by atoms with E-state index < -0.39 is 0 Å². The topological polar surface area (TPSA) is 35.2 Å². The highest BCUT2D eigenvalue weighted by Gasteiger charge is 2.42. The molecule has 0 saturated heterocycles. The molecule has 2 aliphatic rings. The third-order valence-corrected chi connectivity index (χ3v) is 4.62. The molecule has 2 nitrogen and oxygen atoms in total. The van der Waals surface area contributed by atoms with Crippen molar-refractivity contribution in [2.75, 3.05) is 6.61 Å². The summed E-state index contributed by atoms with van der Waals surface area (Å²) < 4.78 is 6.06. The molecule has 0 aromatic heterocycles. The molecule has 1 aromatic carbocycles. The first-order valence-electron chi connectivity index (χ1n) is 7.12. The van der Waals surface area contributed by atoms with Gasteiger partial charge in [0.05, 0.1) is 6.61 Å². The van der Waals surface area contributed by atoms with E-state index in [2.05, 4.69) is 26.0 Å². The number of rotatable bonds is 4. The molecule has 0 radical (unpaired) electrons. The molecule has 0 spiro atoms. The Hall–Kier alpha value is -1.02. The minimum absolute atomic E-state index is 0.104. The van der Waals surface area contributed by atoms with Gasteiger partial charge in [0.2, 0.25) is 0 Å². The van der Waals surface area contributed by atoms with Crippen LogP contribution in [0.15, 0.2) is 12.1 Å². The number of nitrogens with two attached hydrogens (primary N) is 1. The molecule has 0 aliphatic heterocycles. The molecule has 18 heavy (non-hydrogen) atoms. The monoisotopic (exact) mass is 245 g/mol. The average Bonchev–Trinajstić information content (AvgIpc) is 3.00. The second-order valence-corrected chi connectivity index (χ2v) is 6.20. The van der Waals surface area contributed by atoms with Crippen LogP contribution in [0.4, 0.5) is 0 Å². The van der Waals surface area contributed by atoms with E-state index in [1.54, 1.807) is 0 Å². The van der Waals surface area contributed by atoms with E-state index in [0.717, 1.165) is 31.1 Å². The summed E-state index contributed by atoms with van der Waals surface area (Å²) in [4.78, 5) is 0. The van der Waals surface area contributed by atoms with Crippen LogP contribution in [0.5, 0.6) is 5.75 Å². The smallest absolute Gasteiger partial charge is 0.124 e. The maximum absolute atomic E-state index is 6.36. The molecule has 2 saturated carbocycles. The molecule has 0 atom stereocenters. The van der Waals surface area contributed by atoms with Crippen molar-refractivity contribution in [2.45, 2.75) is 51.5 Å². The number of benzene rings is 1. The largest absolute Gasteiger partial charge is 0.493 e. The van der Waals surface area contributed by atoms with Crippen LogP contribution in [-0.4, -0.2) is 6.61 Å². The summed E-state index contributed by atoms with van der Waals surface area (Å²) in [5, 5.41) is 0. The van der Waals surface area contributed by atoms with Gasteiger partial charge in [-0.2, -0.15) is 0 Å². The van der Waals surface area contributed by atoms with Crippen molar-refractivity contribution in [1.29, 1.82) is 0 Å². The maximum Gasteiger partial charge on any atom is 0.124 e. The van der Waals surface area contributed by atoms with Gasteiger partial charge in [0.25, 0.3) is 0 Å². The highest BCUT2D eigenvalue weighted by atomic mass is 16.5. The first-order valence-corrected chi connectivity index (χ1v) is 7.12. The molecule has 2 N–H and O–H groups in total. The minimum atomic E-state index is -0.104. The standard InChI is InChI=1S/C16H23NO/c1-11-8-14(16(17)6-7-16)15(9-12(11)2)18-10-13-4-3-5-13/h8-9,13H,3-7,10,17H2,1-2H3. The van der Waals surface area contributed by atoms with E-state index in [1.165, 1.54) is 36.0 Å². The quantitative estimate of drug-likeness (QED) is 0.882. The Labute approximate surface area is 110 Å². The zero-order valence-corrected chi connectivity index (χ0v) is 11.5. The van der Waals surface area contributed by atoms with Gasteiger partial charge >= 0.3 is 0 Å². The zero-order chi connectivity index (χ0) is 12.8. The molecule has 0 unspecified atom stereocenters. The summed E-state index contributed by atoms with van der Waals surface area (Å²) in [6.07, 6.45) is 6.21. The second-order valence-electron chi connectivity index (χ2n) is 6.20. The van der Waals surface area contributed by atoms with Crippen molar-refractivity contribution in [3.8, 4) is 5.75 Å². The molecule has 3 rings (SSSR count). The first-order chi connectivity index (χ1) is 8.58. The van der Waals surface area contributed by atoms with Crippen molar-refractivity contribution >= 4 is 0 Å². The third-order valence-electron chi connectivity index (χ3n) is 4.62. The highest BCUT2D eigenvalue weighted by Crippen LogP contribution is 2.47. The van der Waals surface area contributed by atoms with Crippen LogP contribution in [0.3, 0.4) is 0 Å². The number of hydrogen-bond acceptors (Lipinski definition) is 2. The van der Waals surface area contributed by atoms with Crippen LogP contribution in [-0.2, 0) is 5.54 Å². The Morgan fingerprint density at radius 1 is 1.22 bits per heavy atom. The lowest BCUT2D eigenvalue weighted by atomic mass is 9.86. The zero-order valence-electron chi connectivity index (χ0n) is 11.5. The molecular formula is C16H23NO. The fraction of sp³-hybridized carbons (Fsp3) is 0.625. The molecule has 0 amide bonds. The van der Waals surface area contributed by atoms with Crippen molar-refractivity contribution in [3.63, 3.8) is 0 Å². The Morgan fingerprint density at radius 3 is 2.44 bits per heavy atom. The van der Waals surface area contributed by atoms with E-state index >= 15 is 0 Å². The molecule has 0 bridgehead atoms. The van der Waals surface area contributed by atoms with Crippen LogP contribution in [0.1, 0.15) is 48.8 Å². The third kappa shape index (κ3) is 2.14. The van der Waals surface area contributed by atoms with Gasteiger partial charge in [-0.3, -0.25) is 0 Å². The SMILES string of the molecule is Cc1cc(OCC2CCC2)c(C2(N)CC2)cc1C. The fourth-order valence-corrected chi connectivity index (χ4v) is 2.57. The molecule has 0 heterocycles. The lowest BCUT2D eigenvalue weighted by molar-refractivity contribution is 0.178. The Balaban J connectivity index is 1.83. The predicted molar refractivity (Wildman–Crippen MR) is 73.9 cm³/mol. The van der Waals surface area contributed by atoms with E-state index in [-0.39, 0.29) is 5.54 Å². The van der Waals surface area contributed by atoms with Gasteiger partial charge in [-0.1, -0.05) is 12.5 Å². The van der Waals surface area contributed by atoms with Crippen LogP contribution < -0.4 is 10.5 Å². The van der Waals surface area contributed by atoms with Gasteiger partial charge in [-0.25, -0.2) is 0 Å². The number of ether oxygens (including phenoxy) is 1. The number of aryl methyl sites for hydroxylation is 2. The van der Waals surface area contributed by atoms with Gasteiger partial charge in [-0.05, 0) is 62.6 Å². The van der Waals surface area contributed by atoms with Crippen molar-refractivity contribution in [1.82, 2.24) is 0 Å². The van der Waals surface area contributed by atoms with Crippen molar-refractivity contribution in [3.05, 3.63) is 28.8 Å². The highest BCUT2D eigenvalue weighted by molar-refractivity contribution is 5.47. The van der Waals surface area contributed by atoms with Gasteiger partial charge in [0.15, 0.2) is 0 Å².